The molecule has 9 heteroatoms. The number of nitrogens with zero attached hydrogens (tertiary/aromatic N) is 4. The van der Waals surface area contributed by atoms with Crippen LogP contribution in [-0.4, -0.2) is 25.8 Å². The van der Waals surface area contributed by atoms with Gasteiger partial charge in [-0.15, -0.1) is 5.10 Å². The Morgan fingerprint density at radius 3 is 2.40 bits per heavy atom. The lowest BCUT2D eigenvalue weighted by atomic mass is 10.2. The summed E-state index contributed by atoms with van der Waals surface area (Å²) in [6, 6.07) is 11.0. The maximum Gasteiger partial charge on any atom is 0.278 e. The summed E-state index contributed by atoms with van der Waals surface area (Å²) < 4.78 is 14.4. The lowest BCUT2D eigenvalue weighted by Crippen LogP contribution is -2.14. The molecule has 2 aromatic carbocycles. The van der Waals surface area contributed by atoms with Crippen LogP contribution in [0.1, 0.15) is 16.2 Å². The number of anilines is 1. The van der Waals surface area contributed by atoms with Gasteiger partial charge in [0.25, 0.3) is 11.6 Å². The van der Waals surface area contributed by atoms with Gasteiger partial charge in [-0.05, 0) is 43.3 Å². The van der Waals surface area contributed by atoms with Gasteiger partial charge in [0.2, 0.25) is 0 Å². The molecule has 1 heterocycles. The van der Waals surface area contributed by atoms with E-state index in [0.29, 0.717) is 17.1 Å². The van der Waals surface area contributed by atoms with Crippen molar-refractivity contribution in [3.63, 3.8) is 0 Å². The molecule has 0 aliphatic rings. The molecule has 126 valence electrons. The zero-order valence-corrected chi connectivity index (χ0v) is 13.0. The Kier molecular flexibility index (Phi) is 4.21. The minimum absolute atomic E-state index is 0.0727. The Morgan fingerprint density at radius 1 is 1.16 bits per heavy atom. The monoisotopic (exact) mass is 341 g/mol. The number of rotatable bonds is 4. The third-order valence-electron chi connectivity index (χ3n) is 3.52. The summed E-state index contributed by atoms with van der Waals surface area (Å²) in [5.74, 6) is -0.877. The molecule has 1 N–H and O–H groups in total. The molecule has 0 saturated carbocycles. The van der Waals surface area contributed by atoms with E-state index in [1.165, 1.54) is 53.2 Å². The van der Waals surface area contributed by atoms with Crippen LogP contribution >= 0.6 is 0 Å². The smallest absolute Gasteiger partial charge is 0.278 e. The maximum absolute atomic E-state index is 13.0. The fourth-order valence-corrected chi connectivity index (χ4v) is 2.22. The molecule has 0 unspecified atom stereocenters. The zero-order chi connectivity index (χ0) is 18.0. The summed E-state index contributed by atoms with van der Waals surface area (Å²) in [6.45, 7) is 1.66. The first kappa shape index (κ1) is 16.2. The number of non-ortho nitro benzene ring substituents is 1. The molecule has 0 aliphatic heterocycles. The molecule has 0 saturated heterocycles. The van der Waals surface area contributed by atoms with Gasteiger partial charge in [0.1, 0.15) is 5.82 Å². The normalized spacial score (nSPS) is 10.5. The molecule has 8 nitrogen and oxygen atoms in total. The molecule has 3 rings (SSSR count). The van der Waals surface area contributed by atoms with Crippen LogP contribution in [0.3, 0.4) is 0 Å². The van der Waals surface area contributed by atoms with Crippen LogP contribution in [0, 0.1) is 22.9 Å². The molecule has 1 aromatic heterocycles. The minimum atomic E-state index is -0.524. The number of benzene rings is 2. The number of aromatic nitrogens is 3. The number of nitro benzene ring substituents is 1. The number of halogens is 1. The summed E-state index contributed by atoms with van der Waals surface area (Å²) in [5, 5.41) is 21.0. The highest BCUT2D eigenvalue weighted by Crippen LogP contribution is 2.17. The van der Waals surface area contributed by atoms with Crippen LogP contribution in [0.4, 0.5) is 15.8 Å². The van der Waals surface area contributed by atoms with E-state index in [-0.39, 0.29) is 17.2 Å². The molecule has 0 aliphatic carbocycles. The van der Waals surface area contributed by atoms with Crippen molar-refractivity contribution >= 4 is 17.3 Å². The zero-order valence-electron chi connectivity index (χ0n) is 13.0. The van der Waals surface area contributed by atoms with E-state index in [4.69, 9.17) is 0 Å². The van der Waals surface area contributed by atoms with Crippen molar-refractivity contribution < 1.29 is 14.1 Å². The van der Waals surface area contributed by atoms with Gasteiger partial charge in [0, 0.05) is 17.8 Å². The fraction of sp³-hybridized carbons (Fsp3) is 0.0625. The second-order valence-electron chi connectivity index (χ2n) is 5.17. The first-order valence-electron chi connectivity index (χ1n) is 7.20. The minimum Gasteiger partial charge on any atom is -0.321 e. The van der Waals surface area contributed by atoms with E-state index in [2.05, 4.69) is 15.6 Å². The van der Waals surface area contributed by atoms with Gasteiger partial charge in [0.05, 0.1) is 16.3 Å². The van der Waals surface area contributed by atoms with Crippen LogP contribution in [-0.2, 0) is 0 Å². The van der Waals surface area contributed by atoms with Crippen LogP contribution < -0.4 is 5.32 Å². The third-order valence-corrected chi connectivity index (χ3v) is 3.52. The van der Waals surface area contributed by atoms with Gasteiger partial charge >= 0.3 is 0 Å². The highest BCUT2D eigenvalue weighted by molar-refractivity contribution is 6.03. The molecule has 25 heavy (non-hydrogen) atoms. The SMILES string of the molecule is Cc1c(C(=O)Nc2ccc([N+](=O)[O-])cc2)nnn1-c1ccc(F)cc1. The predicted molar refractivity (Wildman–Crippen MR) is 87.1 cm³/mol. The van der Waals surface area contributed by atoms with E-state index in [1.54, 1.807) is 6.92 Å². The number of nitro groups is 1. The molecular formula is C16H12FN5O3. The van der Waals surface area contributed by atoms with E-state index >= 15 is 0 Å². The van der Waals surface area contributed by atoms with Crippen molar-refractivity contribution in [2.24, 2.45) is 0 Å². The number of carbonyl (C=O) groups excluding carboxylic acids is 1. The second-order valence-corrected chi connectivity index (χ2v) is 5.17. The number of hydrogen-bond donors (Lipinski definition) is 1. The second kappa shape index (κ2) is 6.48. The Labute approximate surface area is 141 Å². The highest BCUT2D eigenvalue weighted by atomic mass is 19.1. The lowest BCUT2D eigenvalue weighted by molar-refractivity contribution is -0.384. The Morgan fingerprint density at radius 2 is 1.80 bits per heavy atom. The molecular weight excluding hydrogens is 329 g/mol. The van der Waals surface area contributed by atoms with Crippen molar-refractivity contribution in [1.82, 2.24) is 15.0 Å². The largest absolute Gasteiger partial charge is 0.321 e. The Balaban J connectivity index is 1.81. The Hall–Kier alpha value is -3.62. The van der Waals surface area contributed by atoms with Crippen LogP contribution in [0.5, 0.6) is 0 Å². The number of amides is 1. The first-order chi connectivity index (χ1) is 12.0. The van der Waals surface area contributed by atoms with E-state index in [9.17, 15) is 19.3 Å². The van der Waals surface area contributed by atoms with Crippen molar-refractivity contribution in [3.05, 3.63) is 75.9 Å². The van der Waals surface area contributed by atoms with Gasteiger partial charge < -0.3 is 5.32 Å². The van der Waals surface area contributed by atoms with Gasteiger partial charge in [-0.3, -0.25) is 14.9 Å². The van der Waals surface area contributed by atoms with Crippen molar-refractivity contribution in [2.75, 3.05) is 5.32 Å². The standard InChI is InChI=1S/C16H12FN5O3/c1-10-15(19-20-21(10)13-6-2-11(17)3-7-13)16(23)18-12-4-8-14(9-5-12)22(24)25/h2-9H,1H3,(H,18,23). The van der Waals surface area contributed by atoms with Gasteiger partial charge in [0.15, 0.2) is 5.69 Å². The number of nitrogens with one attached hydrogen (secondary N) is 1. The molecule has 3 aromatic rings. The summed E-state index contributed by atoms with van der Waals surface area (Å²) in [7, 11) is 0. The lowest BCUT2D eigenvalue weighted by Gasteiger charge is -2.05. The van der Waals surface area contributed by atoms with Gasteiger partial charge in [-0.1, -0.05) is 5.21 Å². The predicted octanol–water partition coefficient (Wildman–Crippen LogP) is 2.88. The first-order valence-corrected chi connectivity index (χ1v) is 7.20. The van der Waals surface area contributed by atoms with Crippen LogP contribution in [0.25, 0.3) is 5.69 Å². The molecule has 0 atom stereocenters. The van der Waals surface area contributed by atoms with Crippen molar-refractivity contribution in [2.45, 2.75) is 6.92 Å². The average Bonchev–Trinajstić information content (AvgIpc) is 2.98. The molecule has 0 spiro atoms. The quantitative estimate of drug-likeness (QED) is 0.580. The van der Waals surface area contributed by atoms with E-state index < -0.39 is 10.8 Å². The van der Waals surface area contributed by atoms with Crippen molar-refractivity contribution in [3.8, 4) is 5.69 Å². The van der Waals surface area contributed by atoms with Crippen LogP contribution in [0.15, 0.2) is 48.5 Å². The fourth-order valence-electron chi connectivity index (χ4n) is 2.22. The average molecular weight is 341 g/mol. The Bertz CT molecular complexity index is 935. The summed E-state index contributed by atoms with van der Waals surface area (Å²) in [6.07, 6.45) is 0. The number of hydrogen-bond acceptors (Lipinski definition) is 5. The molecule has 0 fully saturated rings. The summed E-state index contributed by atoms with van der Waals surface area (Å²) in [4.78, 5) is 22.4. The van der Waals surface area contributed by atoms with Crippen molar-refractivity contribution in [1.29, 1.82) is 0 Å². The maximum atomic E-state index is 13.0. The van der Waals surface area contributed by atoms with Crippen LogP contribution in [0.2, 0.25) is 0 Å². The van der Waals surface area contributed by atoms with Gasteiger partial charge in [-0.2, -0.15) is 0 Å². The third kappa shape index (κ3) is 3.34. The number of carbonyl (C=O) groups is 1. The topological polar surface area (TPSA) is 103 Å². The molecule has 0 bridgehead atoms. The molecule has 0 radical (unpaired) electrons. The molecule has 1 amide bonds. The summed E-state index contributed by atoms with van der Waals surface area (Å²) >= 11 is 0. The highest BCUT2D eigenvalue weighted by Gasteiger charge is 2.18. The van der Waals surface area contributed by atoms with E-state index in [0.717, 1.165) is 0 Å². The van der Waals surface area contributed by atoms with Gasteiger partial charge in [-0.25, -0.2) is 9.07 Å². The summed E-state index contributed by atoms with van der Waals surface area (Å²) in [5.41, 5.74) is 1.47. The van der Waals surface area contributed by atoms with E-state index in [1.807, 2.05) is 0 Å².